The average molecular weight is 274 g/mol. The molecule has 2 fully saturated rings. The summed E-state index contributed by atoms with van der Waals surface area (Å²) in [4.78, 5) is 2.64. The molecule has 88 valence electrons. The van der Waals surface area contributed by atoms with Gasteiger partial charge in [-0.15, -0.1) is 0 Å². The lowest BCUT2D eigenvalue weighted by Gasteiger charge is -2.43. The molecule has 2 aliphatic carbocycles. The highest BCUT2D eigenvalue weighted by atomic mass is 79.9. The second kappa shape index (κ2) is 5.18. The van der Waals surface area contributed by atoms with Crippen LogP contribution < -0.4 is 0 Å². The van der Waals surface area contributed by atoms with Gasteiger partial charge in [-0.3, -0.25) is 0 Å². The Bertz CT molecular complexity index is 195. The molecule has 0 radical (unpaired) electrons. The molecule has 2 heteroatoms. The van der Waals surface area contributed by atoms with Crippen LogP contribution in [0.4, 0.5) is 0 Å². The predicted molar refractivity (Wildman–Crippen MR) is 69.6 cm³/mol. The third-order valence-electron chi connectivity index (χ3n) is 4.48. The zero-order valence-corrected chi connectivity index (χ0v) is 11.6. The van der Waals surface area contributed by atoms with Crippen LogP contribution in [0.2, 0.25) is 0 Å². The van der Waals surface area contributed by atoms with Crippen LogP contribution in [0.5, 0.6) is 0 Å². The normalized spacial score (nSPS) is 26.6. The van der Waals surface area contributed by atoms with Crippen LogP contribution in [-0.2, 0) is 0 Å². The third-order valence-corrected chi connectivity index (χ3v) is 5.67. The number of alkyl halides is 1. The molecule has 0 aromatic carbocycles. The first kappa shape index (κ1) is 11.9. The molecule has 0 saturated heterocycles. The van der Waals surface area contributed by atoms with Gasteiger partial charge in [0.1, 0.15) is 0 Å². The van der Waals surface area contributed by atoms with Crippen LogP contribution in [0.1, 0.15) is 51.4 Å². The van der Waals surface area contributed by atoms with Crippen molar-refractivity contribution in [1.82, 2.24) is 4.90 Å². The van der Waals surface area contributed by atoms with E-state index in [1.165, 1.54) is 63.2 Å². The van der Waals surface area contributed by atoms with E-state index in [1.807, 2.05) is 0 Å². The van der Waals surface area contributed by atoms with Gasteiger partial charge in [-0.1, -0.05) is 41.6 Å². The van der Waals surface area contributed by atoms with Gasteiger partial charge < -0.3 is 4.90 Å². The fourth-order valence-electron chi connectivity index (χ4n) is 3.12. The summed E-state index contributed by atoms with van der Waals surface area (Å²) in [6.07, 6.45) is 11.6. The Labute approximate surface area is 103 Å². The molecule has 0 bridgehead atoms. The Morgan fingerprint density at radius 3 is 2.27 bits per heavy atom. The first-order valence-electron chi connectivity index (χ1n) is 6.52. The number of hydrogen-bond acceptors (Lipinski definition) is 1. The number of halogens is 1. The van der Waals surface area contributed by atoms with Gasteiger partial charge in [0, 0.05) is 17.9 Å². The van der Waals surface area contributed by atoms with Crippen LogP contribution >= 0.6 is 15.9 Å². The molecule has 15 heavy (non-hydrogen) atoms. The van der Waals surface area contributed by atoms with E-state index in [9.17, 15) is 0 Å². The Kier molecular flexibility index (Phi) is 4.11. The summed E-state index contributed by atoms with van der Waals surface area (Å²) in [5.41, 5.74) is 0.600. The quantitative estimate of drug-likeness (QED) is 0.704. The average Bonchev–Trinajstić information content (AvgIpc) is 2.16. The summed E-state index contributed by atoms with van der Waals surface area (Å²) in [5, 5.41) is 1.21. The van der Waals surface area contributed by atoms with Crippen molar-refractivity contribution in [3.63, 3.8) is 0 Å². The molecule has 0 aliphatic heterocycles. The second-order valence-electron chi connectivity index (χ2n) is 5.69. The maximum Gasteiger partial charge on any atom is 0.0100 e. The number of hydrogen-bond donors (Lipinski definition) is 0. The monoisotopic (exact) mass is 273 g/mol. The smallest absolute Gasteiger partial charge is 0.0100 e. The summed E-state index contributed by atoms with van der Waals surface area (Å²) in [7, 11) is 2.34. The van der Waals surface area contributed by atoms with Gasteiger partial charge in [-0.2, -0.15) is 0 Å². The number of rotatable bonds is 4. The van der Waals surface area contributed by atoms with Gasteiger partial charge in [0.25, 0.3) is 0 Å². The molecule has 0 amide bonds. The van der Waals surface area contributed by atoms with E-state index in [0.29, 0.717) is 5.41 Å². The molecule has 0 N–H and O–H groups in total. The van der Waals surface area contributed by atoms with Gasteiger partial charge in [-0.05, 0) is 38.1 Å². The Hall–Kier alpha value is 0.440. The highest BCUT2D eigenvalue weighted by Gasteiger charge is 2.34. The molecule has 0 aromatic rings. The SMILES string of the molecule is CN(CC1(CBr)CCCCC1)C1CCC1. The van der Waals surface area contributed by atoms with Crippen molar-refractivity contribution in [2.45, 2.75) is 57.4 Å². The predicted octanol–water partition coefficient (Wildman–Crippen LogP) is 3.82. The fraction of sp³-hybridized carbons (Fsp3) is 1.00. The molecule has 2 saturated carbocycles. The topological polar surface area (TPSA) is 3.24 Å². The van der Waals surface area contributed by atoms with Crippen LogP contribution in [0, 0.1) is 5.41 Å². The van der Waals surface area contributed by atoms with Gasteiger partial charge in [-0.25, -0.2) is 0 Å². The Morgan fingerprint density at radius 2 is 1.80 bits per heavy atom. The lowest BCUT2D eigenvalue weighted by atomic mass is 9.74. The molecule has 0 aromatic heterocycles. The minimum Gasteiger partial charge on any atom is -0.303 e. The van der Waals surface area contributed by atoms with Crippen LogP contribution in [-0.4, -0.2) is 29.9 Å². The third kappa shape index (κ3) is 2.76. The van der Waals surface area contributed by atoms with Crippen molar-refractivity contribution in [3.05, 3.63) is 0 Å². The second-order valence-corrected chi connectivity index (χ2v) is 6.25. The van der Waals surface area contributed by atoms with E-state index in [2.05, 4.69) is 27.9 Å². The lowest BCUT2D eigenvalue weighted by molar-refractivity contribution is 0.0817. The molecule has 0 heterocycles. The zero-order chi connectivity index (χ0) is 10.7. The van der Waals surface area contributed by atoms with Crippen molar-refractivity contribution in [2.24, 2.45) is 5.41 Å². The minimum absolute atomic E-state index is 0.600. The zero-order valence-electron chi connectivity index (χ0n) is 9.97. The van der Waals surface area contributed by atoms with Crippen LogP contribution in [0.15, 0.2) is 0 Å². The standard InChI is InChI=1S/C13H24BrN/c1-15(12-6-5-7-12)11-13(10-14)8-3-2-4-9-13/h12H,2-11H2,1H3. The molecule has 1 nitrogen and oxygen atoms in total. The van der Waals surface area contributed by atoms with Crippen molar-refractivity contribution in [1.29, 1.82) is 0 Å². The van der Waals surface area contributed by atoms with Crippen LogP contribution in [0.3, 0.4) is 0 Å². The molecule has 2 rings (SSSR count). The highest BCUT2D eigenvalue weighted by molar-refractivity contribution is 9.09. The van der Waals surface area contributed by atoms with Crippen molar-refractivity contribution in [2.75, 3.05) is 18.9 Å². The molecule has 0 atom stereocenters. The maximum absolute atomic E-state index is 3.76. The number of nitrogens with zero attached hydrogens (tertiary/aromatic N) is 1. The highest BCUT2D eigenvalue weighted by Crippen LogP contribution is 2.39. The summed E-state index contributed by atoms with van der Waals surface area (Å²) in [5.74, 6) is 0. The molecular formula is C13H24BrN. The molecular weight excluding hydrogens is 250 g/mol. The summed E-state index contributed by atoms with van der Waals surface area (Å²) >= 11 is 3.76. The van der Waals surface area contributed by atoms with Crippen LogP contribution in [0.25, 0.3) is 0 Å². The van der Waals surface area contributed by atoms with Gasteiger partial charge in [0.05, 0.1) is 0 Å². The van der Waals surface area contributed by atoms with E-state index in [-0.39, 0.29) is 0 Å². The van der Waals surface area contributed by atoms with E-state index < -0.39 is 0 Å². The summed E-state index contributed by atoms with van der Waals surface area (Å²) in [6.45, 7) is 1.32. The first-order valence-corrected chi connectivity index (χ1v) is 7.64. The Balaban J connectivity index is 1.87. The largest absolute Gasteiger partial charge is 0.303 e. The van der Waals surface area contributed by atoms with Crippen molar-refractivity contribution < 1.29 is 0 Å². The molecule has 2 aliphatic rings. The molecule has 0 unspecified atom stereocenters. The van der Waals surface area contributed by atoms with E-state index in [4.69, 9.17) is 0 Å². The Morgan fingerprint density at radius 1 is 1.13 bits per heavy atom. The van der Waals surface area contributed by atoms with E-state index in [0.717, 1.165) is 6.04 Å². The maximum atomic E-state index is 3.76. The van der Waals surface area contributed by atoms with Gasteiger partial charge in [0.15, 0.2) is 0 Å². The van der Waals surface area contributed by atoms with E-state index in [1.54, 1.807) is 0 Å². The molecule has 0 spiro atoms. The van der Waals surface area contributed by atoms with E-state index >= 15 is 0 Å². The summed E-state index contributed by atoms with van der Waals surface area (Å²) < 4.78 is 0. The van der Waals surface area contributed by atoms with Crippen molar-refractivity contribution in [3.8, 4) is 0 Å². The first-order chi connectivity index (χ1) is 7.26. The van der Waals surface area contributed by atoms with Crippen molar-refractivity contribution >= 4 is 15.9 Å². The minimum atomic E-state index is 0.600. The van der Waals surface area contributed by atoms with Gasteiger partial charge in [0.2, 0.25) is 0 Å². The lowest BCUT2D eigenvalue weighted by Crippen LogP contribution is -2.45. The fourth-order valence-corrected chi connectivity index (χ4v) is 3.86. The summed E-state index contributed by atoms with van der Waals surface area (Å²) in [6, 6.07) is 0.905. The van der Waals surface area contributed by atoms with Gasteiger partial charge >= 0.3 is 0 Å².